The van der Waals surface area contributed by atoms with Gasteiger partial charge in [-0.2, -0.15) is 0 Å². The largest absolute Gasteiger partial charge is 0.388 e. The summed E-state index contributed by atoms with van der Waals surface area (Å²) in [6.07, 6.45) is 0.469. The molecule has 0 saturated heterocycles. The number of hydrogen-bond donors (Lipinski definition) is 1. The van der Waals surface area contributed by atoms with Crippen molar-refractivity contribution in [3.8, 4) is 0 Å². The van der Waals surface area contributed by atoms with Gasteiger partial charge in [0.25, 0.3) is 0 Å². The summed E-state index contributed by atoms with van der Waals surface area (Å²) in [4.78, 5) is 0. The average Bonchev–Trinajstić information content (AvgIpc) is 2.60. The first-order valence-corrected chi connectivity index (χ1v) is 5.35. The first-order valence-electron chi connectivity index (χ1n) is 4.47. The molecule has 1 aromatic carbocycles. The van der Waals surface area contributed by atoms with Crippen LogP contribution in [0.3, 0.4) is 0 Å². The van der Waals surface area contributed by atoms with E-state index in [4.69, 9.17) is 0 Å². The molecule has 1 N–H and O–H groups in total. The van der Waals surface area contributed by atoms with Crippen LogP contribution in [0.25, 0.3) is 10.1 Å². The van der Waals surface area contributed by atoms with Gasteiger partial charge in [0, 0.05) is 4.70 Å². The van der Waals surface area contributed by atoms with Crippen molar-refractivity contribution in [2.45, 2.75) is 19.4 Å². The van der Waals surface area contributed by atoms with Gasteiger partial charge >= 0.3 is 0 Å². The van der Waals surface area contributed by atoms with Crippen LogP contribution in [0.2, 0.25) is 0 Å². The van der Waals surface area contributed by atoms with Crippen molar-refractivity contribution in [3.05, 3.63) is 35.2 Å². The highest BCUT2D eigenvalue weighted by Gasteiger charge is 2.09. The summed E-state index contributed by atoms with van der Waals surface area (Å²) < 4.78 is 1.25. The zero-order chi connectivity index (χ0) is 9.26. The summed E-state index contributed by atoms with van der Waals surface area (Å²) >= 11 is 1.70. The summed E-state index contributed by atoms with van der Waals surface area (Å²) in [5.74, 6) is 0. The highest BCUT2D eigenvalue weighted by molar-refractivity contribution is 7.17. The van der Waals surface area contributed by atoms with Crippen LogP contribution in [0.5, 0.6) is 0 Å². The molecule has 0 amide bonds. The SMILES string of the molecule is CCC(O)c1csc2ccccc12. The lowest BCUT2D eigenvalue weighted by atomic mass is 10.1. The third-order valence-electron chi connectivity index (χ3n) is 2.26. The molecule has 1 aromatic heterocycles. The van der Waals surface area contributed by atoms with Crippen LogP contribution >= 0.6 is 11.3 Å². The van der Waals surface area contributed by atoms with E-state index in [-0.39, 0.29) is 6.10 Å². The summed E-state index contributed by atoms with van der Waals surface area (Å²) in [6.45, 7) is 2.00. The topological polar surface area (TPSA) is 20.2 Å². The molecule has 2 aromatic rings. The Kier molecular flexibility index (Phi) is 2.34. The van der Waals surface area contributed by atoms with E-state index in [1.165, 1.54) is 10.1 Å². The third kappa shape index (κ3) is 1.47. The number of hydrogen-bond acceptors (Lipinski definition) is 2. The summed E-state index contributed by atoms with van der Waals surface area (Å²) in [6, 6.07) is 8.20. The standard InChI is InChI=1S/C11H12OS/c1-2-10(12)9-7-13-11-6-4-3-5-8(9)11/h3-7,10,12H,2H2,1H3. The maximum atomic E-state index is 9.72. The molecule has 0 radical (unpaired) electrons. The number of aliphatic hydroxyl groups excluding tert-OH is 1. The zero-order valence-corrected chi connectivity index (χ0v) is 8.34. The smallest absolute Gasteiger partial charge is 0.0801 e. The summed E-state index contributed by atoms with van der Waals surface area (Å²) in [5, 5.41) is 13.0. The molecule has 0 spiro atoms. The molecular weight excluding hydrogens is 180 g/mol. The lowest BCUT2D eigenvalue weighted by Crippen LogP contribution is -1.92. The highest BCUT2D eigenvalue weighted by atomic mass is 32.1. The second kappa shape index (κ2) is 3.48. The highest BCUT2D eigenvalue weighted by Crippen LogP contribution is 2.31. The molecular formula is C11H12OS. The average molecular weight is 192 g/mol. The lowest BCUT2D eigenvalue weighted by molar-refractivity contribution is 0.175. The zero-order valence-electron chi connectivity index (χ0n) is 7.53. The molecule has 0 aliphatic rings. The number of thiophene rings is 1. The number of aliphatic hydroxyl groups is 1. The molecule has 1 heterocycles. The monoisotopic (exact) mass is 192 g/mol. The second-order valence-electron chi connectivity index (χ2n) is 3.11. The van der Waals surface area contributed by atoms with E-state index in [2.05, 4.69) is 17.5 Å². The van der Waals surface area contributed by atoms with Crippen LogP contribution in [-0.2, 0) is 0 Å². The fourth-order valence-electron chi connectivity index (χ4n) is 1.48. The first-order chi connectivity index (χ1) is 6.33. The Bertz CT molecular complexity index is 405. The lowest BCUT2D eigenvalue weighted by Gasteiger charge is -2.05. The number of fused-ring (bicyclic) bond motifs is 1. The minimum atomic E-state index is -0.309. The molecule has 0 aliphatic carbocycles. The number of rotatable bonds is 2. The van der Waals surface area contributed by atoms with Crippen LogP contribution in [0.4, 0.5) is 0 Å². The Balaban J connectivity index is 2.57. The quantitative estimate of drug-likeness (QED) is 0.773. The van der Waals surface area contributed by atoms with E-state index < -0.39 is 0 Å². The van der Waals surface area contributed by atoms with Gasteiger partial charge in [0.05, 0.1) is 6.10 Å². The van der Waals surface area contributed by atoms with Gasteiger partial charge < -0.3 is 5.11 Å². The molecule has 1 atom stereocenters. The minimum absolute atomic E-state index is 0.309. The first kappa shape index (κ1) is 8.73. The summed E-state index contributed by atoms with van der Waals surface area (Å²) in [7, 11) is 0. The minimum Gasteiger partial charge on any atom is -0.388 e. The van der Waals surface area contributed by atoms with Crippen molar-refractivity contribution in [2.75, 3.05) is 0 Å². The van der Waals surface area contributed by atoms with E-state index in [0.29, 0.717) is 0 Å². The molecule has 2 heteroatoms. The van der Waals surface area contributed by atoms with Crippen LogP contribution in [-0.4, -0.2) is 5.11 Å². The van der Waals surface area contributed by atoms with Crippen LogP contribution in [0.1, 0.15) is 25.0 Å². The fraction of sp³-hybridized carbons (Fsp3) is 0.273. The van der Waals surface area contributed by atoms with E-state index in [9.17, 15) is 5.11 Å². The van der Waals surface area contributed by atoms with Crippen molar-refractivity contribution in [3.63, 3.8) is 0 Å². The fourth-order valence-corrected chi connectivity index (χ4v) is 2.48. The van der Waals surface area contributed by atoms with Crippen LogP contribution in [0.15, 0.2) is 29.6 Å². The molecule has 1 nitrogen and oxygen atoms in total. The molecule has 1 unspecified atom stereocenters. The van der Waals surface area contributed by atoms with Crippen molar-refractivity contribution >= 4 is 21.4 Å². The Morgan fingerprint density at radius 2 is 2.15 bits per heavy atom. The predicted octanol–water partition coefficient (Wildman–Crippen LogP) is 3.34. The van der Waals surface area contributed by atoms with Crippen molar-refractivity contribution in [1.82, 2.24) is 0 Å². The Morgan fingerprint density at radius 1 is 1.38 bits per heavy atom. The van der Waals surface area contributed by atoms with Crippen LogP contribution < -0.4 is 0 Å². The second-order valence-corrected chi connectivity index (χ2v) is 4.02. The van der Waals surface area contributed by atoms with Crippen molar-refractivity contribution in [2.24, 2.45) is 0 Å². The van der Waals surface area contributed by atoms with Gasteiger partial charge in [-0.1, -0.05) is 25.1 Å². The van der Waals surface area contributed by atoms with E-state index in [1.54, 1.807) is 11.3 Å². The Morgan fingerprint density at radius 3 is 2.92 bits per heavy atom. The van der Waals surface area contributed by atoms with Crippen molar-refractivity contribution in [1.29, 1.82) is 0 Å². The Hall–Kier alpha value is -0.860. The van der Waals surface area contributed by atoms with Gasteiger partial charge in [0.15, 0.2) is 0 Å². The van der Waals surface area contributed by atoms with Gasteiger partial charge in [-0.15, -0.1) is 11.3 Å². The molecule has 68 valence electrons. The van der Waals surface area contributed by atoms with Crippen LogP contribution in [0, 0.1) is 0 Å². The predicted molar refractivity (Wildman–Crippen MR) is 57.1 cm³/mol. The molecule has 0 bridgehead atoms. The normalized spacial score (nSPS) is 13.4. The molecule has 0 saturated carbocycles. The van der Waals surface area contributed by atoms with Gasteiger partial charge in [-0.05, 0) is 28.8 Å². The van der Waals surface area contributed by atoms with E-state index in [0.717, 1.165) is 12.0 Å². The van der Waals surface area contributed by atoms with E-state index in [1.807, 2.05) is 19.1 Å². The van der Waals surface area contributed by atoms with Gasteiger partial charge in [0.1, 0.15) is 0 Å². The van der Waals surface area contributed by atoms with Crippen molar-refractivity contribution < 1.29 is 5.11 Å². The van der Waals surface area contributed by atoms with Gasteiger partial charge in [-0.3, -0.25) is 0 Å². The van der Waals surface area contributed by atoms with Gasteiger partial charge in [0.2, 0.25) is 0 Å². The molecule has 0 aliphatic heterocycles. The van der Waals surface area contributed by atoms with Gasteiger partial charge in [-0.25, -0.2) is 0 Å². The maximum Gasteiger partial charge on any atom is 0.0801 e. The summed E-state index contributed by atoms with van der Waals surface area (Å²) in [5.41, 5.74) is 1.07. The molecule has 13 heavy (non-hydrogen) atoms. The number of benzene rings is 1. The van der Waals surface area contributed by atoms with E-state index >= 15 is 0 Å². The maximum absolute atomic E-state index is 9.72. The molecule has 0 fully saturated rings. The third-order valence-corrected chi connectivity index (χ3v) is 3.24. The molecule has 2 rings (SSSR count). The Labute approximate surface area is 81.6 Å².